The molecule has 0 saturated heterocycles. The lowest BCUT2D eigenvalue weighted by Crippen LogP contribution is -2.31. The smallest absolute Gasteiger partial charge is 0.358 e. The third-order valence-electron chi connectivity index (χ3n) is 2.67. The Morgan fingerprint density at radius 1 is 1.40 bits per heavy atom. The fourth-order valence-corrected chi connectivity index (χ4v) is 2.38. The molecule has 8 heteroatoms. The number of ether oxygens (including phenoxy) is 1. The zero-order valence-electron chi connectivity index (χ0n) is 11.2. The number of nitrogens with one attached hydrogen (secondary N) is 2. The molecule has 0 atom stereocenters. The van der Waals surface area contributed by atoms with Crippen LogP contribution in [0.5, 0.6) is 0 Å². The van der Waals surface area contributed by atoms with E-state index < -0.39 is 5.97 Å². The summed E-state index contributed by atoms with van der Waals surface area (Å²) in [7, 11) is 1.22. The molecule has 0 unspecified atom stereocenters. The van der Waals surface area contributed by atoms with Crippen molar-refractivity contribution in [2.24, 2.45) is 0 Å². The van der Waals surface area contributed by atoms with E-state index in [9.17, 15) is 14.4 Å². The van der Waals surface area contributed by atoms with Crippen LogP contribution in [-0.4, -0.2) is 42.3 Å². The number of methoxy groups -OCH3 is 1. The molecule has 1 heterocycles. The SMILES string of the molecule is COC(=O)c1nc(NCC(=O)NC2CC2)sc1C(C)=O. The summed E-state index contributed by atoms with van der Waals surface area (Å²) in [5.41, 5.74) is -0.0184. The van der Waals surface area contributed by atoms with Gasteiger partial charge in [0.2, 0.25) is 5.91 Å². The van der Waals surface area contributed by atoms with Crippen molar-refractivity contribution in [3.8, 4) is 0 Å². The highest BCUT2D eigenvalue weighted by atomic mass is 32.1. The van der Waals surface area contributed by atoms with Crippen molar-refractivity contribution in [2.45, 2.75) is 25.8 Å². The first-order valence-electron chi connectivity index (χ1n) is 6.14. The molecule has 20 heavy (non-hydrogen) atoms. The maximum Gasteiger partial charge on any atom is 0.358 e. The Bertz CT molecular complexity index is 551. The number of ketones is 1. The highest BCUT2D eigenvalue weighted by Gasteiger charge is 2.24. The summed E-state index contributed by atoms with van der Waals surface area (Å²) in [5.74, 6) is -1.06. The number of thiazole rings is 1. The van der Waals surface area contributed by atoms with Crippen molar-refractivity contribution in [1.82, 2.24) is 10.3 Å². The number of anilines is 1. The van der Waals surface area contributed by atoms with Crippen LogP contribution in [0.2, 0.25) is 0 Å². The van der Waals surface area contributed by atoms with Gasteiger partial charge in [0.05, 0.1) is 13.7 Å². The Morgan fingerprint density at radius 2 is 2.10 bits per heavy atom. The lowest BCUT2D eigenvalue weighted by molar-refractivity contribution is -0.119. The minimum atomic E-state index is -0.665. The fraction of sp³-hybridized carbons (Fsp3) is 0.500. The van der Waals surface area contributed by atoms with Gasteiger partial charge in [-0.1, -0.05) is 11.3 Å². The molecule has 2 rings (SSSR count). The molecule has 1 aliphatic carbocycles. The van der Waals surface area contributed by atoms with Crippen LogP contribution in [0.1, 0.15) is 39.9 Å². The van der Waals surface area contributed by atoms with E-state index in [-0.39, 0.29) is 28.8 Å². The summed E-state index contributed by atoms with van der Waals surface area (Å²) in [6.07, 6.45) is 2.04. The van der Waals surface area contributed by atoms with Crippen LogP contribution >= 0.6 is 11.3 Å². The van der Waals surface area contributed by atoms with Gasteiger partial charge in [0.25, 0.3) is 0 Å². The molecule has 1 saturated carbocycles. The molecular weight excluding hydrogens is 282 g/mol. The lowest BCUT2D eigenvalue weighted by atomic mass is 10.3. The first kappa shape index (κ1) is 14.4. The largest absolute Gasteiger partial charge is 0.464 e. The van der Waals surface area contributed by atoms with Crippen LogP contribution in [-0.2, 0) is 9.53 Å². The molecule has 108 valence electrons. The quantitative estimate of drug-likeness (QED) is 0.596. The number of carbonyl (C=O) groups is 3. The third kappa shape index (κ3) is 3.53. The number of nitrogens with zero attached hydrogens (tertiary/aromatic N) is 1. The fourth-order valence-electron chi connectivity index (χ4n) is 1.53. The topological polar surface area (TPSA) is 97.4 Å². The Labute approximate surface area is 119 Å². The minimum Gasteiger partial charge on any atom is -0.464 e. The minimum absolute atomic E-state index is 0.0184. The number of aromatic nitrogens is 1. The van der Waals surface area contributed by atoms with E-state index >= 15 is 0 Å². The number of hydrogen-bond donors (Lipinski definition) is 2. The van der Waals surface area contributed by atoms with E-state index in [1.807, 2.05) is 0 Å². The summed E-state index contributed by atoms with van der Waals surface area (Å²) in [6, 6.07) is 0.291. The Balaban J connectivity index is 2.02. The normalized spacial score (nSPS) is 13.7. The Hall–Kier alpha value is -1.96. The predicted octanol–water partition coefficient (Wildman–Crippen LogP) is 0.823. The van der Waals surface area contributed by atoms with Crippen molar-refractivity contribution >= 4 is 34.1 Å². The summed E-state index contributed by atoms with van der Waals surface area (Å²) in [6.45, 7) is 1.41. The Kier molecular flexibility index (Phi) is 4.33. The van der Waals surface area contributed by atoms with Gasteiger partial charge in [0, 0.05) is 13.0 Å². The van der Waals surface area contributed by atoms with E-state index in [1.54, 1.807) is 0 Å². The number of Topliss-reactive ketones (excluding diaryl/α,β-unsaturated/α-hetero) is 1. The van der Waals surface area contributed by atoms with E-state index in [0.29, 0.717) is 11.2 Å². The molecule has 0 spiro atoms. The second kappa shape index (κ2) is 6.00. The number of esters is 1. The number of hydrogen-bond acceptors (Lipinski definition) is 7. The van der Waals surface area contributed by atoms with Crippen molar-refractivity contribution < 1.29 is 19.1 Å². The zero-order chi connectivity index (χ0) is 14.7. The predicted molar refractivity (Wildman–Crippen MR) is 73.1 cm³/mol. The molecule has 0 bridgehead atoms. The van der Waals surface area contributed by atoms with Crippen molar-refractivity contribution in [2.75, 3.05) is 19.0 Å². The second-order valence-corrected chi connectivity index (χ2v) is 5.44. The summed E-state index contributed by atoms with van der Waals surface area (Å²) in [5, 5.41) is 5.98. The summed E-state index contributed by atoms with van der Waals surface area (Å²) >= 11 is 1.04. The molecule has 1 amide bonds. The average molecular weight is 297 g/mol. The van der Waals surface area contributed by atoms with Crippen molar-refractivity contribution in [3.05, 3.63) is 10.6 Å². The standard InChI is InChI=1S/C12H15N3O4S/c1-6(16)10-9(11(18)19-2)15-12(20-10)13-5-8(17)14-7-3-4-7/h7H,3-5H2,1-2H3,(H,13,15)(H,14,17). The molecule has 1 aliphatic rings. The second-order valence-electron chi connectivity index (χ2n) is 4.44. The molecule has 7 nitrogen and oxygen atoms in total. The molecule has 0 aromatic carbocycles. The molecule has 2 N–H and O–H groups in total. The molecule has 0 aliphatic heterocycles. The van der Waals surface area contributed by atoms with Gasteiger partial charge in [-0.2, -0.15) is 0 Å². The van der Waals surface area contributed by atoms with Crippen LogP contribution in [0.25, 0.3) is 0 Å². The van der Waals surface area contributed by atoms with E-state index in [0.717, 1.165) is 24.2 Å². The third-order valence-corrected chi connectivity index (χ3v) is 3.78. The monoisotopic (exact) mass is 297 g/mol. The maximum absolute atomic E-state index is 11.5. The first-order chi connectivity index (χ1) is 9.51. The average Bonchev–Trinajstić information content (AvgIpc) is 3.11. The van der Waals surface area contributed by atoms with E-state index in [2.05, 4.69) is 20.4 Å². The van der Waals surface area contributed by atoms with Gasteiger partial charge >= 0.3 is 5.97 Å². The van der Waals surface area contributed by atoms with Crippen molar-refractivity contribution in [1.29, 1.82) is 0 Å². The van der Waals surface area contributed by atoms with Gasteiger partial charge in [-0.05, 0) is 12.8 Å². The summed E-state index contributed by atoms with van der Waals surface area (Å²) in [4.78, 5) is 38.7. The van der Waals surface area contributed by atoms with Crippen LogP contribution in [0, 0.1) is 0 Å². The molecule has 1 aromatic rings. The van der Waals surface area contributed by atoms with E-state index in [1.165, 1.54) is 14.0 Å². The van der Waals surface area contributed by atoms with Crippen molar-refractivity contribution in [3.63, 3.8) is 0 Å². The molecular formula is C12H15N3O4S. The van der Waals surface area contributed by atoms with Gasteiger partial charge < -0.3 is 15.4 Å². The number of amides is 1. The van der Waals surface area contributed by atoms with Crippen LogP contribution in [0.3, 0.4) is 0 Å². The highest BCUT2D eigenvalue weighted by molar-refractivity contribution is 7.17. The van der Waals surface area contributed by atoms with Crippen LogP contribution < -0.4 is 10.6 Å². The van der Waals surface area contributed by atoms with Gasteiger partial charge in [-0.15, -0.1) is 0 Å². The van der Waals surface area contributed by atoms with Crippen LogP contribution in [0.15, 0.2) is 0 Å². The van der Waals surface area contributed by atoms with Gasteiger partial charge in [0.15, 0.2) is 16.6 Å². The molecule has 0 radical (unpaired) electrons. The van der Waals surface area contributed by atoms with E-state index in [4.69, 9.17) is 0 Å². The van der Waals surface area contributed by atoms with Gasteiger partial charge in [-0.25, -0.2) is 9.78 Å². The van der Waals surface area contributed by atoms with Crippen LogP contribution in [0.4, 0.5) is 5.13 Å². The number of rotatable bonds is 6. The maximum atomic E-state index is 11.5. The van der Waals surface area contributed by atoms with Gasteiger partial charge in [-0.3, -0.25) is 9.59 Å². The highest BCUT2D eigenvalue weighted by Crippen LogP contribution is 2.24. The molecule has 1 aromatic heterocycles. The summed E-state index contributed by atoms with van der Waals surface area (Å²) < 4.78 is 4.57. The van der Waals surface area contributed by atoms with Gasteiger partial charge in [0.1, 0.15) is 4.88 Å². The Morgan fingerprint density at radius 3 is 2.65 bits per heavy atom. The lowest BCUT2D eigenvalue weighted by Gasteiger charge is -2.03. The number of carbonyl (C=O) groups excluding carboxylic acids is 3. The molecule has 1 fully saturated rings. The zero-order valence-corrected chi connectivity index (χ0v) is 12.0. The first-order valence-corrected chi connectivity index (χ1v) is 6.96.